The highest BCUT2D eigenvalue weighted by molar-refractivity contribution is 5.98. The SMILES string of the molecule is COc1ccc(CN2CC3(CC3)c3cc([C@]4(F)C[C@H]4F)ccc3C2=O)cc1. The van der Waals surface area contributed by atoms with Crippen LogP contribution in [0.1, 0.15) is 46.3 Å². The molecule has 2 fully saturated rings. The van der Waals surface area contributed by atoms with Crippen molar-refractivity contribution in [1.29, 1.82) is 0 Å². The molecule has 27 heavy (non-hydrogen) atoms. The Bertz CT molecular complexity index is 922. The molecule has 3 nitrogen and oxygen atoms in total. The minimum absolute atomic E-state index is 0.0367. The first-order valence-electron chi connectivity index (χ1n) is 9.35. The van der Waals surface area contributed by atoms with E-state index < -0.39 is 11.8 Å². The summed E-state index contributed by atoms with van der Waals surface area (Å²) in [7, 11) is 1.62. The molecule has 2 saturated carbocycles. The topological polar surface area (TPSA) is 29.5 Å². The van der Waals surface area contributed by atoms with Crippen molar-refractivity contribution in [3.05, 3.63) is 64.7 Å². The van der Waals surface area contributed by atoms with Crippen LogP contribution in [-0.2, 0) is 17.6 Å². The number of nitrogens with zero attached hydrogens (tertiary/aromatic N) is 1. The number of carbonyl (C=O) groups excluding carboxylic acids is 1. The van der Waals surface area contributed by atoms with E-state index in [-0.39, 0.29) is 17.7 Å². The fraction of sp³-hybridized carbons (Fsp3) is 0.409. The number of alkyl halides is 2. The Hall–Kier alpha value is -2.43. The predicted molar refractivity (Wildman–Crippen MR) is 97.4 cm³/mol. The van der Waals surface area contributed by atoms with Gasteiger partial charge in [-0.15, -0.1) is 0 Å². The van der Waals surface area contributed by atoms with E-state index in [2.05, 4.69) is 0 Å². The van der Waals surface area contributed by atoms with Gasteiger partial charge in [0.1, 0.15) is 11.9 Å². The van der Waals surface area contributed by atoms with Crippen LogP contribution >= 0.6 is 0 Å². The summed E-state index contributed by atoms with van der Waals surface area (Å²) in [5.41, 5.74) is 1.03. The molecule has 1 spiro atoms. The number of rotatable bonds is 4. The van der Waals surface area contributed by atoms with Gasteiger partial charge in [0.25, 0.3) is 5.91 Å². The molecular weight excluding hydrogens is 348 g/mol. The summed E-state index contributed by atoms with van der Waals surface area (Å²) in [6.07, 6.45) is 0.468. The van der Waals surface area contributed by atoms with E-state index in [1.807, 2.05) is 29.2 Å². The molecule has 0 unspecified atom stereocenters. The summed E-state index contributed by atoms with van der Waals surface area (Å²) in [4.78, 5) is 14.9. The van der Waals surface area contributed by atoms with Crippen molar-refractivity contribution >= 4 is 5.91 Å². The minimum Gasteiger partial charge on any atom is -0.497 e. The smallest absolute Gasteiger partial charge is 0.254 e. The van der Waals surface area contributed by atoms with Gasteiger partial charge in [0.2, 0.25) is 0 Å². The molecule has 0 N–H and O–H groups in total. The maximum Gasteiger partial charge on any atom is 0.254 e. The monoisotopic (exact) mass is 369 g/mol. The molecule has 2 atom stereocenters. The Kier molecular flexibility index (Phi) is 3.43. The average Bonchev–Trinajstić information content (AvgIpc) is 3.58. The van der Waals surface area contributed by atoms with Crippen LogP contribution in [0.15, 0.2) is 42.5 Å². The van der Waals surface area contributed by atoms with Gasteiger partial charge in [-0.3, -0.25) is 4.79 Å². The molecule has 1 amide bonds. The first kappa shape index (κ1) is 16.7. The Morgan fingerprint density at radius 3 is 2.48 bits per heavy atom. The van der Waals surface area contributed by atoms with E-state index in [1.54, 1.807) is 25.3 Å². The number of halogens is 2. The van der Waals surface area contributed by atoms with Gasteiger partial charge in [0, 0.05) is 30.5 Å². The highest BCUT2D eigenvalue weighted by Gasteiger charge is 2.59. The third kappa shape index (κ3) is 2.55. The van der Waals surface area contributed by atoms with E-state index in [4.69, 9.17) is 4.74 Å². The molecule has 0 radical (unpaired) electrons. The molecule has 3 aliphatic rings. The van der Waals surface area contributed by atoms with Gasteiger partial charge in [0.15, 0.2) is 5.67 Å². The quantitative estimate of drug-likeness (QED) is 0.805. The highest BCUT2D eigenvalue weighted by atomic mass is 19.2. The van der Waals surface area contributed by atoms with E-state index in [0.717, 1.165) is 29.7 Å². The van der Waals surface area contributed by atoms with Crippen LogP contribution in [0.5, 0.6) is 5.75 Å². The Morgan fingerprint density at radius 2 is 1.89 bits per heavy atom. The number of hydrogen-bond acceptors (Lipinski definition) is 2. The van der Waals surface area contributed by atoms with Crippen LogP contribution in [0.25, 0.3) is 0 Å². The fourth-order valence-electron chi connectivity index (χ4n) is 4.28. The number of hydrogen-bond donors (Lipinski definition) is 0. The number of amides is 1. The second-order valence-electron chi connectivity index (χ2n) is 8.08. The molecule has 5 rings (SSSR count). The first-order valence-corrected chi connectivity index (χ1v) is 9.35. The zero-order valence-corrected chi connectivity index (χ0v) is 15.2. The standard InChI is InChI=1S/C22H21F2NO2/c1-27-16-5-2-14(3-6-16)12-25-13-21(8-9-21)18-10-15(22(24)11-19(22)23)4-7-17(18)20(25)26/h2-7,10,19H,8-9,11-13H2,1H3/t19-,22-/m1/s1. The van der Waals surface area contributed by atoms with Crippen LogP contribution in [0.2, 0.25) is 0 Å². The third-order valence-corrected chi connectivity index (χ3v) is 6.28. The maximum absolute atomic E-state index is 14.5. The highest BCUT2D eigenvalue weighted by Crippen LogP contribution is 2.56. The zero-order chi connectivity index (χ0) is 18.8. The van der Waals surface area contributed by atoms with Gasteiger partial charge >= 0.3 is 0 Å². The van der Waals surface area contributed by atoms with Crippen molar-refractivity contribution in [1.82, 2.24) is 4.90 Å². The van der Waals surface area contributed by atoms with Gasteiger partial charge < -0.3 is 9.64 Å². The number of benzene rings is 2. The summed E-state index contributed by atoms with van der Waals surface area (Å²) in [5, 5.41) is 0. The minimum atomic E-state index is -1.85. The molecule has 2 aromatic rings. The molecule has 140 valence electrons. The summed E-state index contributed by atoms with van der Waals surface area (Å²) in [5.74, 6) is 0.747. The number of methoxy groups -OCH3 is 1. The molecule has 5 heteroatoms. The molecule has 0 bridgehead atoms. The van der Waals surface area contributed by atoms with Gasteiger partial charge in [-0.1, -0.05) is 24.3 Å². The average molecular weight is 369 g/mol. The second kappa shape index (κ2) is 5.54. The normalized spacial score (nSPS) is 27.4. The van der Waals surface area contributed by atoms with Crippen molar-refractivity contribution in [3.63, 3.8) is 0 Å². The molecule has 0 saturated heterocycles. The predicted octanol–water partition coefficient (Wildman–Crippen LogP) is 4.29. The van der Waals surface area contributed by atoms with Gasteiger partial charge in [-0.2, -0.15) is 0 Å². The van der Waals surface area contributed by atoms with Gasteiger partial charge in [-0.05, 0) is 47.7 Å². The van der Waals surface area contributed by atoms with E-state index >= 15 is 0 Å². The van der Waals surface area contributed by atoms with Gasteiger partial charge in [0.05, 0.1) is 7.11 Å². The van der Waals surface area contributed by atoms with Crippen LogP contribution in [-0.4, -0.2) is 30.6 Å². The number of ether oxygens (including phenoxy) is 1. The number of carbonyl (C=O) groups is 1. The van der Waals surface area contributed by atoms with E-state index in [1.165, 1.54) is 0 Å². The summed E-state index contributed by atoms with van der Waals surface area (Å²) >= 11 is 0. The molecule has 2 aliphatic carbocycles. The molecule has 0 aromatic heterocycles. The van der Waals surface area contributed by atoms with Crippen LogP contribution in [0.3, 0.4) is 0 Å². The lowest BCUT2D eigenvalue weighted by Crippen LogP contribution is -2.43. The van der Waals surface area contributed by atoms with Crippen molar-refractivity contribution in [2.24, 2.45) is 0 Å². The lowest BCUT2D eigenvalue weighted by Gasteiger charge is -2.35. The molecule has 1 heterocycles. The Morgan fingerprint density at radius 1 is 1.19 bits per heavy atom. The van der Waals surface area contributed by atoms with Crippen molar-refractivity contribution in [3.8, 4) is 5.75 Å². The Balaban J connectivity index is 1.45. The summed E-state index contributed by atoms with van der Waals surface area (Å²) in [6.45, 7) is 1.16. The van der Waals surface area contributed by atoms with Crippen LogP contribution in [0, 0.1) is 0 Å². The Labute approximate surface area is 156 Å². The first-order chi connectivity index (χ1) is 12.9. The van der Waals surface area contributed by atoms with Crippen molar-refractivity contribution < 1.29 is 18.3 Å². The third-order valence-electron chi connectivity index (χ3n) is 6.28. The maximum atomic E-state index is 14.5. The molecule has 1 aliphatic heterocycles. The second-order valence-corrected chi connectivity index (χ2v) is 8.08. The lowest BCUT2D eigenvalue weighted by molar-refractivity contribution is 0.0698. The van der Waals surface area contributed by atoms with Crippen LogP contribution in [0.4, 0.5) is 8.78 Å². The van der Waals surface area contributed by atoms with Gasteiger partial charge in [-0.25, -0.2) is 8.78 Å². The summed E-state index contributed by atoms with van der Waals surface area (Å²) in [6, 6.07) is 12.7. The number of fused-ring (bicyclic) bond motifs is 2. The lowest BCUT2D eigenvalue weighted by atomic mass is 9.84. The zero-order valence-electron chi connectivity index (χ0n) is 15.2. The molecule has 2 aromatic carbocycles. The summed E-state index contributed by atoms with van der Waals surface area (Å²) < 4.78 is 33.2. The van der Waals surface area contributed by atoms with Crippen LogP contribution < -0.4 is 4.74 Å². The fourth-order valence-corrected chi connectivity index (χ4v) is 4.28. The van der Waals surface area contributed by atoms with E-state index in [9.17, 15) is 13.6 Å². The largest absolute Gasteiger partial charge is 0.497 e. The van der Waals surface area contributed by atoms with Crippen molar-refractivity contribution in [2.75, 3.05) is 13.7 Å². The van der Waals surface area contributed by atoms with Crippen molar-refractivity contribution in [2.45, 2.75) is 43.1 Å². The molecular formula is C22H21F2NO2. The van der Waals surface area contributed by atoms with E-state index in [0.29, 0.717) is 24.2 Å².